The van der Waals surface area contributed by atoms with Gasteiger partial charge in [-0.3, -0.25) is 0 Å². The Bertz CT molecular complexity index is 643. The van der Waals surface area contributed by atoms with E-state index in [1.54, 1.807) is 22.3 Å². The third-order valence-electron chi connectivity index (χ3n) is 2.71. The van der Waals surface area contributed by atoms with Gasteiger partial charge in [0.05, 0.1) is 12.2 Å². The van der Waals surface area contributed by atoms with Gasteiger partial charge in [-0.05, 0) is 46.1 Å². The summed E-state index contributed by atoms with van der Waals surface area (Å²) in [6, 6.07) is 9.80. The lowest BCUT2D eigenvalue weighted by Gasteiger charge is -2.06. The van der Waals surface area contributed by atoms with E-state index >= 15 is 0 Å². The van der Waals surface area contributed by atoms with Crippen molar-refractivity contribution in [2.24, 2.45) is 0 Å². The van der Waals surface area contributed by atoms with Crippen LogP contribution in [0.25, 0.3) is 5.69 Å². The monoisotopic (exact) mass is 272 g/mol. The van der Waals surface area contributed by atoms with Crippen molar-refractivity contribution in [3.05, 3.63) is 46.9 Å². The summed E-state index contributed by atoms with van der Waals surface area (Å²) in [5.41, 5.74) is 8.63. The molecule has 0 spiro atoms. The van der Waals surface area contributed by atoms with E-state index in [0.29, 0.717) is 0 Å². The number of nitrogens with zero attached hydrogens (tertiary/aromatic N) is 4. The van der Waals surface area contributed by atoms with E-state index < -0.39 is 0 Å². The molecule has 96 valence electrons. The molecule has 2 heterocycles. The first-order chi connectivity index (χ1) is 9.33. The van der Waals surface area contributed by atoms with Crippen LogP contribution in [-0.4, -0.2) is 20.2 Å². The lowest BCUT2D eigenvalue weighted by atomic mass is 10.2. The number of anilines is 2. The highest BCUT2D eigenvalue weighted by molar-refractivity contribution is 7.10. The molecule has 0 fully saturated rings. The van der Waals surface area contributed by atoms with Crippen molar-refractivity contribution < 1.29 is 0 Å². The molecule has 0 atom stereocenters. The van der Waals surface area contributed by atoms with E-state index in [0.717, 1.165) is 28.5 Å². The molecule has 19 heavy (non-hydrogen) atoms. The first-order valence-corrected chi connectivity index (χ1v) is 6.60. The molecule has 0 amide bonds. The predicted octanol–water partition coefficient (Wildman–Crippen LogP) is 1.92. The SMILES string of the molecule is Nc1ccsc1CNc1ccc(-n2cnnn2)cc1. The van der Waals surface area contributed by atoms with E-state index in [1.807, 2.05) is 35.7 Å². The second-order valence-electron chi connectivity index (χ2n) is 3.95. The number of tetrazole rings is 1. The predicted molar refractivity (Wildman–Crippen MR) is 75.2 cm³/mol. The zero-order chi connectivity index (χ0) is 13.1. The number of aromatic nitrogens is 4. The van der Waals surface area contributed by atoms with Crippen LogP contribution in [0, 0.1) is 0 Å². The summed E-state index contributed by atoms with van der Waals surface area (Å²) in [4.78, 5) is 1.14. The highest BCUT2D eigenvalue weighted by Gasteiger charge is 2.01. The van der Waals surface area contributed by atoms with Crippen molar-refractivity contribution in [1.29, 1.82) is 0 Å². The molecule has 6 nitrogen and oxygen atoms in total. The summed E-state index contributed by atoms with van der Waals surface area (Å²) in [6.07, 6.45) is 1.56. The summed E-state index contributed by atoms with van der Waals surface area (Å²) >= 11 is 1.65. The van der Waals surface area contributed by atoms with Gasteiger partial charge in [-0.25, -0.2) is 4.68 Å². The van der Waals surface area contributed by atoms with Gasteiger partial charge in [0, 0.05) is 16.3 Å². The summed E-state index contributed by atoms with van der Waals surface area (Å²) in [7, 11) is 0. The van der Waals surface area contributed by atoms with Crippen LogP contribution >= 0.6 is 11.3 Å². The molecule has 7 heteroatoms. The van der Waals surface area contributed by atoms with Crippen LogP contribution < -0.4 is 11.1 Å². The van der Waals surface area contributed by atoms with Crippen molar-refractivity contribution in [2.45, 2.75) is 6.54 Å². The molecule has 0 unspecified atom stereocenters. The van der Waals surface area contributed by atoms with Crippen LogP contribution in [0.2, 0.25) is 0 Å². The molecule has 0 aliphatic heterocycles. The van der Waals surface area contributed by atoms with Gasteiger partial charge in [0.1, 0.15) is 6.33 Å². The number of hydrogen-bond donors (Lipinski definition) is 2. The molecule has 1 aromatic carbocycles. The summed E-state index contributed by atoms with van der Waals surface area (Å²) in [5.74, 6) is 0. The topological polar surface area (TPSA) is 81.6 Å². The summed E-state index contributed by atoms with van der Waals surface area (Å²) < 4.78 is 1.61. The Morgan fingerprint density at radius 2 is 2.05 bits per heavy atom. The van der Waals surface area contributed by atoms with E-state index in [1.165, 1.54) is 0 Å². The Hall–Kier alpha value is -2.41. The molecule has 0 bridgehead atoms. The maximum atomic E-state index is 5.84. The summed E-state index contributed by atoms with van der Waals surface area (Å²) in [5, 5.41) is 16.4. The van der Waals surface area contributed by atoms with Crippen LogP contribution in [0.5, 0.6) is 0 Å². The molecule has 0 saturated carbocycles. The average Bonchev–Trinajstić information content (AvgIpc) is 3.09. The number of benzene rings is 1. The second-order valence-corrected chi connectivity index (χ2v) is 4.95. The molecule has 3 rings (SSSR count). The van der Waals surface area contributed by atoms with Crippen molar-refractivity contribution in [2.75, 3.05) is 11.1 Å². The van der Waals surface area contributed by atoms with Gasteiger partial charge in [0.25, 0.3) is 0 Å². The fourth-order valence-electron chi connectivity index (χ4n) is 1.69. The minimum atomic E-state index is 0.730. The van der Waals surface area contributed by atoms with Gasteiger partial charge in [0.15, 0.2) is 0 Å². The molecule has 3 N–H and O–H groups in total. The smallest absolute Gasteiger partial charge is 0.143 e. The average molecular weight is 272 g/mol. The molecule has 0 aliphatic carbocycles. The number of hydrogen-bond acceptors (Lipinski definition) is 6. The van der Waals surface area contributed by atoms with Crippen LogP contribution in [0.15, 0.2) is 42.0 Å². The molecule has 3 aromatic rings. The lowest BCUT2D eigenvalue weighted by molar-refractivity contribution is 0.789. The van der Waals surface area contributed by atoms with Gasteiger partial charge < -0.3 is 11.1 Å². The maximum Gasteiger partial charge on any atom is 0.143 e. The van der Waals surface area contributed by atoms with E-state index in [-0.39, 0.29) is 0 Å². The Kier molecular flexibility index (Phi) is 3.11. The van der Waals surface area contributed by atoms with Crippen molar-refractivity contribution in [3.8, 4) is 5.69 Å². The zero-order valence-electron chi connectivity index (χ0n) is 10.0. The first kappa shape index (κ1) is 11.7. The van der Waals surface area contributed by atoms with Gasteiger partial charge >= 0.3 is 0 Å². The normalized spacial score (nSPS) is 10.5. The molecular weight excluding hydrogens is 260 g/mol. The molecule has 0 radical (unpaired) electrons. The highest BCUT2D eigenvalue weighted by Crippen LogP contribution is 2.20. The van der Waals surface area contributed by atoms with Crippen molar-refractivity contribution >= 4 is 22.7 Å². The molecule has 2 aromatic heterocycles. The van der Waals surface area contributed by atoms with Crippen molar-refractivity contribution in [3.63, 3.8) is 0 Å². The Balaban J connectivity index is 1.68. The number of nitrogens with one attached hydrogen (secondary N) is 1. The Morgan fingerprint density at radius 1 is 1.21 bits per heavy atom. The second kappa shape index (κ2) is 5.07. The third-order valence-corrected chi connectivity index (χ3v) is 3.65. The summed E-state index contributed by atoms with van der Waals surface area (Å²) in [6.45, 7) is 0.730. The molecule has 0 aliphatic rings. The van der Waals surface area contributed by atoms with Crippen LogP contribution in [-0.2, 0) is 6.54 Å². The first-order valence-electron chi connectivity index (χ1n) is 5.72. The zero-order valence-corrected chi connectivity index (χ0v) is 10.8. The minimum absolute atomic E-state index is 0.730. The van der Waals surface area contributed by atoms with Crippen LogP contribution in [0.4, 0.5) is 11.4 Å². The van der Waals surface area contributed by atoms with Gasteiger partial charge in [0.2, 0.25) is 0 Å². The standard InChI is InChI=1S/C12H12N6S/c13-11-5-6-19-12(11)7-14-9-1-3-10(4-2-9)18-8-15-16-17-18/h1-6,8,14H,7,13H2. The fraction of sp³-hybridized carbons (Fsp3) is 0.0833. The fourth-order valence-corrected chi connectivity index (χ4v) is 2.43. The highest BCUT2D eigenvalue weighted by atomic mass is 32.1. The lowest BCUT2D eigenvalue weighted by Crippen LogP contribution is -2.00. The van der Waals surface area contributed by atoms with Gasteiger partial charge in [-0.1, -0.05) is 0 Å². The minimum Gasteiger partial charge on any atom is -0.398 e. The van der Waals surface area contributed by atoms with E-state index in [9.17, 15) is 0 Å². The number of rotatable bonds is 4. The number of nitrogens with two attached hydrogens (primary N) is 1. The number of nitrogen functional groups attached to an aromatic ring is 1. The van der Waals surface area contributed by atoms with E-state index in [2.05, 4.69) is 20.8 Å². The van der Waals surface area contributed by atoms with Gasteiger partial charge in [-0.15, -0.1) is 16.4 Å². The van der Waals surface area contributed by atoms with Crippen LogP contribution in [0.3, 0.4) is 0 Å². The number of thiophene rings is 1. The molecule has 0 saturated heterocycles. The van der Waals surface area contributed by atoms with Crippen LogP contribution in [0.1, 0.15) is 4.88 Å². The quantitative estimate of drug-likeness (QED) is 0.758. The third kappa shape index (κ3) is 2.55. The van der Waals surface area contributed by atoms with Gasteiger partial charge in [-0.2, -0.15) is 0 Å². The molecular formula is C12H12N6S. The Morgan fingerprint density at radius 3 is 2.68 bits per heavy atom. The Labute approximate surface area is 113 Å². The van der Waals surface area contributed by atoms with E-state index in [4.69, 9.17) is 5.73 Å². The maximum absolute atomic E-state index is 5.84. The van der Waals surface area contributed by atoms with Crippen molar-refractivity contribution in [1.82, 2.24) is 20.2 Å². The largest absolute Gasteiger partial charge is 0.398 e.